The number of nitrogens with zero attached hydrogens (tertiary/aromatic N) is 2. The lowest BCUT2D eigenvalue weighted by molar-refractivity contribution is 0.264. The van der Waals surface area contributed by atoms with Crippen LogP contribution in [-0.4, -0.2) is 36.1 Å². The van der Waals surface area contributed by atoms with Crippen molar-refractivity contribution in [2.24, 2.45) is 0 Å². The van der Waals surface area contributed by atoms with Gasteiger partial charge in [0.2, 0.25) is 0 Å². The zero-order valence-corrected chi connectivity index (χ0v) is 11.8. The summed E-state index contributed by atoms with van der Waals surface area (Å²) in [5.41, 5.74) is 1.16. The quantitative estimate of drug-likeness (QED) is 0.852. The van der Waals surface area contributed by atoms with E-state index in [9.17, 15) is 0 Å². The van der Waals surface area contributed by atoms with Gasteiger partial charge in [-0.25, -0.2) is 4.98 Å². The van der Waals surface area contributed by atoms with Crippen LogP contribution in [0.1, 0.15) is 12.8 Å². The van der Waals surface area contributed by atoms with Gasteiger partial charge in [0, 0.05) is 28.7 Å². The Labute approximate surface area is 118 Å². The fraction of sp³-hybridized carbons (Fsp3) is 0.400. The van der Waals surface area contributed by atoms with Gasteiger partial charge >= 0.3 is 0 Å². The molecule has 3 nitrogen and oxygen atoms in total. The van der Waals surface area contributed by atoms with Gasteiger partial charge in [0.25, 0.3) is 0 Å². The Morgan fingerprint density at radius 3 is 2.79 bits per heavy atom. The smallest absolute Gasteiger partial charge is 0.136 e. The first-order chi connectivity index (χ1) is 9.24. The van der Waals surface area contributed by atoms with E-state index in [0.717, 1.165) is 29.5 Å². The van der Waals surface area contributed by atoms with Crippen molar-refractivity contribution in [1.82, 2.24) is 9.88 Å². The predicted octanol–water partition coefficient (Wildman–Crippen LogP) is 3.39. The lowest BCUT2D eigenvalue weighted by atomic mass is 10.0. The normalized spacial score (nSPS) is 17.8. The van der Waals surface area contributed by atoms with Gasteiger partial charge in [-0.1, -0.05) is 23.7 Å². The van der Waals surface area contributed by atoms with Gasteiger partial charge < -0.3 is 10.2 Å². The van der Waals surface area contributed by atoms with Crippen molar-refractivity contribution in [3.63, 3.8) is 0 Å². The van der Waals surface area contributed by atoms with E-state index in [1.807, 2.05) is 18.2 Å². The van der Waals surface area contributed by atoms with Crippen LogP contribution in [0.25, 0.3) is 10.8 Å². The van der Waals surface area contributed by atoms with Crippen LogP contribution in [0.15, 0.2) is 30.5 Å². The molecule has 0 saturated carbocycles. The Balaban J connectivity index is 1.87. The van der Waals surface area contributed by atoms with Crippen molar-refractivity contribution < 1.29 is 0 Å². The van der Waals surface area contributed by atoms with E-state index in [4.69, 9.17) is 11.6 Å². The Hall–Kier alpha value is -1.32. The van der Waals surface area contributed by atoms with Crippen LogP contribution < -0.4 is 5.32 Å². The molecule has 0 aliphatic carbocycles. The number of halogens is 1. The maximum absolute atomic E-state index is 6.15. The molecule has 1 aliphatic rings. The van der Waals surface area contributed by atoms with Gasteiger partial charge in [0.05, 0.1) is 0 Å². The molecule has 1 N–H and O–H groups in total. The van der Waals surface area contributed by atoms with Crippen molar-refractivity contribution in [1.29, 1.82) is 0 Å². The molecule has 1 aromatic heterocycles. The fourth-order valence-electron chi connectivity index (χ4n) is 2.67. The second kappa shape index (κ2) is 5.35. The minimum atomic E-state index is 0.550. The molecule has 19 heavy (non-hydrogen) atoms. The molecule has 4 heteroatoms. The molecule has 2 heterocycles. The van der Waals surface area contributed by atoms with E-state index < -0.39 is 0 Å². The molecule has 1 fully saturated rings. The Morgan fingerprint density at radius 1 is 1.21 bits per heavy atom. The molecular formula is C15H18ClN3. The number of hydrogen-bond donors (Lipinski definition) is 1. The Kier molecular flexibility index (Phi) is 3.58. The highest BCUT2D eigenvalue weighted by Crippen LogP contribution is 2.28. The van der Waals surface area contributed by atoms with Crippen molar-refractivity contribution in [3.8, 4) is 0 Å². The third kappa shape index (κ3) is 2.67. The molecule has 1 saturated heterocycles. The van der Waals surface area contributed by atoms with Crippen LogP contribution in [-0.2, 0) is 0 Å². The summed E-state index contributed by atoms with van der Waals surface area (Å²) in [6.45, 7) is 2.31. The van der Waals surface area contributed by atoms with Gasteiger partial charge in [0.15, 0.2) is 0 Å². The third-order valence-electron chi connectivity index (χ3n) is 3.84. The van der Waals surface area contributed by atoms with E-state index in [0.29, 0.717) is 11.2 Å². The molecule has 0 amide bonds. The van der Waals surface area contributed by atoms with Crippen LogP contribution >= 0.6 is 11.6 Å². The first kappa shape index (κ1) is 12.7. The summed E-state index contributed by atoms with van der Waals surface area (Å²) in [5.74, 6) is 0. The van der Waals surface area contributed by atoms with Crippen LogP contribution in [0.3, 0.4) is 0 Å². The number of piperidine rings is 1. The maximum Gasteiger partial charge on any atom is 0.136 e. The van der Waals surface area contributed by atoms with Crippen LogP contribution in [0.5, 0.6) is 0 Å². The number of nitrogens with one attached hydrogen (secondary N) is 1. The molecule has 0 unspecified atom stereocenters. The lowest BCUT2D eigenvalue weighted by Gasteiger charge is -2.30. The zero-order valence-electron chi connectivity index (χ0n) is 11.1. The van der Waals surface area contributed by atoms with Crippen LogP contribution in [0.4, 0.5) is 5.69 Å². The van der Waals surface area contributed by atoms with E-state index in [1.54, 1.807) is 6.20 Å². The highest BCUT2D eigenvalue weighted by Gasteiger charge is 2.17. The van der Waals surface area contributed by atoms with E-state index in [1.165, 1.54) is 12.8 Å². The first-order valence-corrected chi connectivity index (χ1v) is 7.10. The van der Waals surface area contributed by atoms with E-state index in [-0.39, 0.29) is 0 Å². The number of benzene rings is 1. The molecule has 3 rings (SSSR count). The summed E-state index contributed by atoms with van der Waals surface area (Å²) in [7, 11) is 2.18. The summed E-state index contributed by atoms with van der Waals surface area (Å²) < 4.78 is 0. The summed E-state index contributed by atoms with van der Waals surface area (Å²) in [4.78, 5) is 6.51. The number of fused-ring (bicyclic) bond motifs is 1. The summed E-state index contributed by atoms with van der Waals surface area (Å²) in [6.07, 6.45) is 4.14. The number of rotatable bonds is 2. The van der Waals surface area contributed by atoms with Gasteiger partial charge in [-0.15, -0.1) is 0 Å². The van der Waals surface area contributed by atoms with Gasteiger partial charge in [-0.05, 0) is 45.1 Å². The molecule has 2 aromatic rings. The van der Waals surface area contributed by atoms with Crippen molar-refractivity contribution in [3.05, 3.63) is 35.6 Å². The monoisotopic (exact) mass is 275 g/mol. The number of pyridine rings is 1. The molecule has 1 aromatic carbocycles. The minimum Gasteiger partial charge on any atom is -0.382 e. The second-order valence-corrected chi connectivity index (χ2v) is 5.58. The van der Waals surface area contributed by atoms with Crippen LogP contribution in [0, 0.1) is 0 Å². The Bertz CT molecular complexity index is 577. The van der Waals surface area contributed by atoms with Crippen molar-refractivity contribution >= 4 is 28.1 Å². The van der Waals surface area contributed by atoms with Gasteiger partial charge in [-0.3, -0.25) is 0 Å². The maximum atomic E-state index is 6.15. The number of likely N-dealkylation sites (tertiary alicyclic amines) is 1. The minimum absolute atomic E-state index is 0.550. The first-order valence-electron chi connectivity index (χ1n) is 6.72. The van der Waals surface area contributed by atoms with Crippen LogP contribution in [0.2, 0.25) is 5.15 Å². The third-order valence-corrected chi connectivity index (χ3v) is 4.14. The van der Waals surface area contributed by atoms with Gasteiger partial charge in [0.1, 0.15) is 5.15 Å². The largest absolute Gasteiger partial charge is 0.382 e. The van der Waals surface area contributed by atoms with Crippen molar-refractivity contribution in [2.45, 2.75) is 18.9 Å². The molecule has 100 valence electrons. The average Bonchev–Trinajstić information content (AvgIpc) is 2.43. The van der Waals surface area contributed by atoms with Gasteiger partial charge in [-0.2, -0.15) is 0 Å². The highest BCUT2D eigenvalue weighted by atomic mass is 35.5. The molecule has 0 spiro atoms. The predicted molar refractivity (Wildman–Crippen MR) is 80.9 cm³/mol. The van der Waals surface area contributed by atoms with E-state index >= 15 is 0 Å². The van der Waals surface area contributed by atoms with Crippen molar-refractivity contribution in [2.75, 3.05) is 25.5 Å². The summed E-state index contributed by atoms with van der Waals surface area (Å²) in [5, 5.41) is 6.40. The second-order valence-electron chi connectivity index (χ2n) is 5.22. The average molecular weight is 276 g/mol. The fourth-order valence-corrected chi connectivity index (χ4v) is 2.89. The number of hydrogen-bond acceptors (Lipinski definition) is 3. The summed E-state index contributed by atoms with van der Waals surface area (Å²) >= 11 is 6.15. The number of aromatic nitrogens is 1. The highest BCUT2D eigenvalue weighted by molar-refractivity contribution is 6.34. The SMILES string of the molecule is CN1CCC(Nc2cccc3c(Cl)nccc23)CC1. The molecule has 0 radical (unpaired) electrons. The standard InChI is InChI=1S/C15H18ClN3/c1-19-9-6-11(7-10-19)18-14-4-2-3-13-12(14)5-8-17-15(13)16/h2-5,8,11,18H,6-7,9-10H2,1H3. The number of anilines is 1. The van der Waals surface area contributed by atoms with E-state index in [2.05, 4.69) is 28.3 Å². The molecule has 0 bridgehead atoms. The summed E-state index contributed by atoms with van der Waals surface area (Å²) in [6, 6.07) is 8.75. The lowest BCUT2D eigenvalue weighted by Crippen LogP contribution is -2.36. The molecule has 1 aliphatic heterocycles. The Morgan fingerprint density at radius 2 is 2.00 bits per heavy atom. The molecular weight excluding hydrogens is 258 g/mol. The topological polar surface area (TPSA) is 28.2 Å². The zero-order chi connectivity index (χ0) is 13.2. The molecule has 0 atom stereocenters.